The monoisotopic (exact) mass is 442 g/mol. The molecule has 0 saturated heterocycles. The molecular weight excluding hydrogens is 420 g/mol. The minimum absolute atomic E-state index is 0.0479. The average molecular weight is 443 g/mol. The van der Waals surface area contributed by atoms with Gasteiger partial charge in [0.1, 0.15) is 11.4 Å². The van der Waals surface area contributed by atoms with Gasteiger partial charge in [0.05, 0.1) is 13.2 Å². The normalized spacial score (nSPS) is 10.5. The summed E-state index contributed by atoms with van der Waals surface area (Å²) in [5.74, 6) is -0.215. The third-order valence-corrected chi connectivity index (χ3v) is 4.69. The van der Waals surface area contributed by atoms with Crippen LogP contribution in [-0.2, 0) is 9.53 Å². The molecule has 0 atom stereocenters. The number of hydrogen-bond acceptors (Lipinski definition) is 6. The Morgan fingerprint density at radius 1 is 1.13 bits per heavy atom. The third kappa shape index (κ3) is 5.86. The SMILES string of the molecule is CCOC(=O)c1c(-c2ccc(Cl)cc2)noc1NC(=O)CCCOc1ccccc1C. The fraction of sp³-hybridized carbons (Fsp3) is 0.261. The Labute approximate surface area is 185 Å². The summed E-state index contributed by atoms with van der Waals surface area (Å²) in [6.07, 6.45) is 0.679. The molecule has 0 bridgehead atoms. The van der Waals surface area contributed by atoms with Gasteiger partial charge in [0, 0.05) is 17.0 Å². The molecular formula is C23H23ClN2O5. The number of ether oxygens (including phenoxy) is 2. The van der Waals surface area contributed by atoms with Gasteiger partial charge in [-0.1, -0.05) is 47.1 Å². The highest BCUT2D eigenvalue weighted by Gasteiger charge is 2.26. The van der Waals surface area contributed by atoms with Crippen LogP contribution in [0.2, 0.25) is 5.02 Å². The number of hydrogen-bond donors (Lipinski definition) is 1. The van der Waals surface area contributed by atoms with E-state index in [1.54, 1.807) is 31.2 Å². The zero-order chi connectivity index (χ0) is 22.2. The molecule has 3 aromatic rings. The summed E-state index contributed by atoms with van der Waals surface area (Å²) in [6, 6.07) is 14.4. The lowest BCUT2D eigenvalue weighted by molar-refractivity contribution is -0.116. The molecule has 0 aliphatic heterocycles. The van der Waals surface area contributed by atoms with Crippen LogP contribution >= 0.6 is 11.6 Å². The maximum Gasteiger partial charge on any atom is 0.346 e. The number of carbonyl (C=O) groups excluding carboxylic acids is 2. The van der Waals surface area contributed by atoms with E-state index in [0.717, 1.165) is 11.3 Å². The molecule has 0 fully saturated rings. The fourth-order valence-electron chi connectivity index (χ4n) is 2.90. The number of aryl methyl sites for hydroxylation is 1. The molecule has 0 radical (unpaired) electrons. The second-order valence-corrected chi connectivity index (χ2v) is 7.16. The van der Waals surface area contributed by atoms with E-state index in [1.807, 2.05) is 31.2 Å². The van der Waals surface area contributed by atoms with Crippen LogP contribution in [0.1, 0.15) is 35.7 Å². The van der Waals surface area contributed by atoms with E-state index in [1.165, 1.54) is 0 Å². The van der Waals surface area contributed by atoms with Gasteiger partial charge in [0.2, 0.25) is 11.8 Å². The van der Waals surface area contributed by atoms with E-state index in [2.05, 4.69) is 10.5 Å². The third-order valence-electron chi connectivity index (χ3n) is 4.44. The molecule has 1 amide bonds. The molecule has 1 heterocycles. The van der Waals surface area contributed by atoms with Crippen molar-refractivity contribution in [1.82, 2.24) is 5.16 Å². The van der Waals surface area contributed by atoms with Crippen molar-refractivity contribution in [2.24, 2.45) is 0 Å². The number of rotatable bonds is 9. The largest absolute Gasteiger partial charge is 0.493 e. The first-order chi connectivity index (χ1) is 15.0. The van der Waals surface area contributed by atoms with Gasteiger partial charge >= 0.3 is 5.97 Å². The van der Waals surface area contributed by atoms with Crippen LogP contribution in [0, 0.1) is 6.92 Å². The van der Waals surface area contributed by atoms with Crippen LogP contribution in [0.4, 0.5) is 5.88 Å². The molecule has 1 N–H and O–H groups in total. The number of benzene rings is 2. The molecule has 31 heavy (non-hydrogen) atoms. The summed E-state index contributed by atoms with van der Waals surface area (Å²) in [4.78, 5) is 24.9. The van der Waals surface area contributed by atoms with Gasteiger partial charge in [0.15, 0.2) is 5.56 Å². The maximum atomic E-state index is 12.5. The molecule has 7 nitrogen and oxygen atoms in total. The molecule has 0 aliphatic carbocycles. The van der Waals surface area contributed by atoms with E-state index in [4.69, 9.17) is 25.6 Å². The Morgan fingerprint density at radius 2 is 1.87 bits per heavy atom. The van der Waals surface area contributed by atoms with Crippen LogP contribution in [-0.4, -0.2) is 30.2 Å². The van der Waals surface area contributed by atoms with Crippen LogP contribution in [0.3, 0.4) is 0 Å². The lowest BCUT2D eigenvalue weighted by atomic mass is 10.1. The molecule has 1 aromatic heterocycles. The van der Waals surface area contributed by atoms with Gasteiger partial charge in [0.25, 0.3) is 0 Å². The maximum absolute atomic E-state index is 12.5. The first kappa shape index (κ1) is 22.4. The van der Waals surface area contributed by atoms with Gasteiger partial charge in [-0.05, 0) is 44.0 Å². The Bertz CT molecular complexity index is 1050. The molecule has 0 saturated carbocycles. The number of aromatic nitrogens is 1. The van der Waals surface area contributed by atoms with E-state index in [0.29, 0.717) is 23.6 Å². The number of nitrogens with one attached hydrogen (secondary N) is 1. The molecule has 2 aromatic carbocycles. The number of anilines is 1. The van der Waals surface area contributed by atoms with E-state index in [-0.39, 0.29) is 36.1 Å². The Hall–Kier alpha value is -3.32. The summed E-state index contributed by atoms with van der Waals surface area (Å²) in [5.41, 5.74) is 1.98. The topological polar surface area (TPSA) is 90.7 Å². The van der Waals surface area contributed by atoms with Crippen LogP contribution in [0.5, 0.6) is 5.75 Å². The first-order valence-corrected chi connectivity index (χ1v) is 10.3. The number of nitrogens with zero attached hydrogens (tertiary/aromatic N) is 1. The minimum atomic E-state index is -0.633. The molecule has 0 unspecified atom stereocenters. The first-order valence-electron chi connectivity index (χ1n) is 9.90. The fourth-order valence-corrected chi connectivity index (χ4v) is 3.02. The summed E-state index contributed by atoms with van der Waals surface area (Å²) in [6.45, 7) is 4.21. The van der Waals surface area contributed by atoms with Crippen molar-refractivity contribution in [2.75, 3.05) is 18.5 Å². The molecule has 3 rings (SSSR count). The number of para-hydroxylation sites is 1. The van der Waals surface area contributed by atoms with Crippen molar-refractivity contribution in [2.45, 2.75) is 26.7 Å². The summed E-state index contributed by atoms with van der Waals surface area (Å²) < 4.78 is 16.1. The van der Waals surface area contributed by atoms with Crippen molar-refractivity contribution in [3.05, 3.63) is 64.7 Å². The van der Waals surface area contributed by atoms with Crippen LogP contribution < -0.4 is 10.1 Å². The lowest BCUT2D eigenvalue weighted by Gasteiger charge is -2.09. The molecule has 0 aliphatic rings. The summed E-state index contributed by atoms with van der Waals surface area (Å²) >= 11 is 5.93. The zero-order valence-electron chi connectivity index (χ0n) is 17.3. The second kappa shape index (κ2) is 10.6. The summed E-state index contributed by atoms with van der Waals surface area (Å²) in [7, 11) is 0. The summed E-state index contributed by atoms with van der Waals surface area (Å²) in [5, 5.41) is 7.12. The van der Waals surface area contributed by atoms with E-state index in [9.17, 15) is 9.59 Å². The van der Waals surface area contributed by atoms with E-state index >= 15 is 0 Å². The van der Waals surface area contributed by atoms with Gasteiger partial charge < -0.3 is 14.0 Å². The van der Waals surface area contributed by atoms with Crippen molar-refractivity contribution in [3.63, 3.8) is 0 Å². The minimum Gasteiger partial charge on any atom is -0.493 e. The average Bonchev–Trinajstić information content (AvgIpc) is 3.16. The lowest BCUT2D eigenvalue weighted by Crippen LogP contribution is -2.15. The molecule has 8 heteroatoms. The smallest absolute Gasteiger partial charge is 0.346 e. The second-order valence-electron chi connectivity index (χ2n) is 6.73. The Balaban J connectivity index is 1.66. The van der Waals surface area contributed by atoms with Crippen molar-refractivity contribution in [1.29, 1.82) is 0 Å². The van der Waals surface area contributed by atoms with Crippen molar-refractivity contribution < 1.29 is 23.6 Å². The predicted octanol–water partition coefficient (Wildman–Crippen LogP) is 5.28. The van der Waals surface area contributed by atoms with Crippen molar-refractivity contribution in [3.8, 4) is 17.0 Å². The highest BCUT2D eigenvalue weighted by Crippen LogP contribution is 2.30. The highest BCUT2D eigenvalue weighted by molar-refractivity contribution is 6.30. The van der Waals surface area contributed by atoms with Gasteiger partial charge in [-0.3, -0.25) is 10.1 Å². The molecule has 162 valence electrons. The highest BCUT2D eigenvalue weighted by atomic mass is 35.5. The van der Waals surface area contributed by atoms with Gasteiger partial charge in [-0.25, -0.2) is 4.79 Å². The van der Waals surface area contributed by atoms with Gasteiger partial charge in [-0.2, -0.15) is 0 Å². The number of amides is 1. The van der Waals surface area contributed by atoms with Crippen LogP contribution in [0.15, 0.2) is 53.1 Å². The molecule has 0 spiro atoms. The number of carbonyl (C=O) groups is 2. The van der Waals surface area contributed by atoms with Crippen molar-refractivity contribution >= 4 is 29.4 Å². The van der Waals surface area contributed by atoms with Gasteiger partial charge in [-0.15, -0.1) is 0 Å². The number of halogens is 1. The predicted molar refractivity (Wildman–Crippen MR) is 117 cm³/mol. The Kier molecular flexibility index (Phi) is 7.67. The quantitative estimate of drug-likeness (QED) is 0.358. The standard InChI is InChI=1S/C23H23ClN2O5/c1-3-29-23(28)20-21(16-10-12-17(24)13-11-16)26-31-22(20)25-19(27)9-6-14-30-18-8-5-4-7-15(18)2/h4-5,7-8,10-13H,3,6,9,14H2,1-2H3,(H,25,27). The van der Waals surface area contributed by atoms with E-state index < -0.39 is 5.97 Å². The zero-order valence-corrected chi connectivity index (χ0v) is 18.1. The van der Waals surface area contributed by atoms with Crippen LogP contribution in [0.25, 0.3) is 11.3 Å². The number of esters is 1. The Morgan fingerprint density at radius 3 is 2.58 bits per heavy atom.